The first-order chi connectivity index (χ1) is 9.04. The molecule has 3 rings (SSSR count). The van der Waals surface area contributed by atoms with Crippen molar-refractivity contribution >= 4 is 20.9 Å². The van der Waals surface area contributed by atoms with Crippen molar-refractivity contribution in [3.63, 3.8) is 0 Å². The lowest BCUT2D eigenvalue weighted by atomic mass is 10.1. The molecular formula is C13H16N2O3S. The van der Waals surface area contributed by atoms with Crippen LogP contribution in [-0.4, -0.2) is 31.2 Å². The van der Waals surface area contributed by atoms with Crippen molar-refractivity contribution in [1.29, 1.82) is 0 Å². The Morgan fingerprint density at radius 1 is 1.37 bits per heavy atom. The second-order valence-corrected chi connectivity index (χ2v) is 6.94. The van der Waals surface area contributed by atoms with Gasteiger partial charge in [-0.2, -0.15) is 0 Å². The predicted octanol–water partition coefficient (Wildman–Crippen LogP) is 2.21. The minimum Gasteiger partial charge on any atom is -0.370 e. The molecule has 1 saturated heterocycles. The predicted molar refractivity (Wildman–Crippen MR) is 71.7 cm³/mol. The Kier molecular flexibility index (Phi) is 3.06. The number of rotatable bonds is 2. The van der Waals surface area contributed by atoms with Gasteiger partial charge < -0.3 is 9.72 Å². The van der Waals surface area contributed by atoms with E-state index < -0.39 is 9.84 Å². The van der Waals surface area contributed by atoms with Gasteiger partial charge in [-0.25, -0.2) is 13.4 Å². The van der Waals surface area contributed by atoms with Gasteiger partial charge in [0.1, 0.15) is 11.9 Å². The number of nitrogens with one attached hydrogen (secondary N) is 1. The molecule has 0 spiro atoms. The minimum atomic E-state index is -3.19. The van der Waals surface area contributed by atoms with E-state index in [2.05, 4.69) is 9.97 Å². The fourth-order valence-corrected chi connectivity index (χ4v) is 3.00. The third-order valence-electron chi connectivity index (χ3n) is 3.38. The van der Waals surface area contributed by atoms with Crippen molar-refractivity contribution in [2.24, 2.45) is 0 Å². The monoisotopic (exact) mass is 280 g/mol. The highest BCUT2D eigenvalue weighted by atomic mass is 32.2. The Labute approximate surface area is 111 Å². The largest absolute Gasteiger partial charge is 0.370 e. The standard InChI is InChI=1S/C13H16N2O3S/c1-19(16,17)9-5-6-10-11(8-9)15-13(14-10)12-4-2-3-7-18-12/h5-6,8,12H,2-4,7H2,1H3,(H,14,15). The van der Waals surface area contributed by atoms with Crippen LogP contribution in [0.15, 0.2) is 23.1 Å². The normalized spacial score (nSPS) is 20.8. The molecule has 6 heteroatoms. The minimum absolute atomic E-state index is 0.00262. The first-order valence-electron chi connectivity index (χ1n) is 6.35. The lowest BCUT2D eigenvalue weighted by Gasteiger charge is -2.20. The number of imidazole rings is 1. The lowest BCUT2D eigenvalue weighted by molar-refractivity contribution is 0.0101. The molecule has 0 aliphatic carbocycles. The first kappa shape index (κ1) is 12.6. The number of hydrogen-bond donors (Lipinski definition) is 1. The highest BCUT2D eigenvalue weighted by Crippen LogP contribution is 2.28. The molecule has 0 amide bonds. The highest BCUT2D eigenvalue weighted by molar-refractivity contribution is 7.90. The van der Waals surface area contributed by atoms with E-state index in [0.29, 0.717) is 4.90 Å². The molecule has 1 aliphatic heterocycles. The van der Waals surface area contributed by atoms with Gasteiger partial charge in [0, 0.05) is 12.9 Å². The molecule has 102 valence electrons. The van der Waals surface area contributed by atoms with Gasteiger partial charge in [0.15, 0.2) is 9.84 Å². The number of benzene rings is 1. The SMILES string of the molecule is CS(=O)(=O)c1ccc2nc(C3CCCCO3)[nH]c2c1. The quantitative estimate of drug-likeness (QED) is 0.915. The van der Waals surface area contributed by atoms with Crippen molar-refractivity contribution in [3.05, 3.63) is 24.0 Å². The summed E-state index contributed by atoms with van der Waals surface area (Å²) in [5.41, 5.74) is 1.52. The fraction of sp³-hybridized carbons (Fsp3) is 0.462. The van der Waals surface area contributed by atoms with Crippen LogP contribution in [0.4, 0.5) is 0 Å². The lowest BCUT2D eigenvalue weighted by Crippen LogP contribution is -2.12. The fourth-order valence-electron chi connectivity index (χ4n) is 2.35. The van der Waals surface area contributed by atoms with E-state index in [9.17, 15) is 8.42 Å². The number of aromatic amines is 1. The third kappa shape index (κ3) is 2.50. The molecule has 0 saturated carbocycles. The molecule has 5 nitrogen and oxygen atoms in total. The number of hydrogen-bond acceptors (Lipinski definition) is 4. The van der Waals surface area contributed by atoms with Gasteiger partial charge in [-0.15, -0.1) is 0 Å². The zero-order chi connectivity index (χ0) is 13.5. The zero-order valence-corrected chi connectivity index (χ0v) is 11.5. The van der Waals surface area contributed by atoms with Crippen molar-refractivity contribution < 1.29 is 13.2 Å². The Hall–Kier alpha value is -1.40. The molecule has 1 unspecified atom stereocenters. The molecule has 1 aliphatic rings. The van der Waals surface area contributed by atoms with E-state index in [4.69, 9.17) is 4.74 Å². The van der Waals surface area contributed by atoms with Crippen LogP contribution < -0.4 is 0 Å². The maximum Gasteiger partial charge on any atom is 0.175 e. The van der Waals surface area contributed by atoms with E-state index in [1.807, 2.05) is 0 Å². The molecule has 1 aromatic carbocycles. The first-order valence-corrected chi connectivity index (χ1v) is 8.24. The van der Waals surface area contributed by atoms with Crippen molar-refractivity contribution in [1.82, 2.24) is 9.97 Å². The summed E-state index contributed by atoms with van der Waals surface area (Å²) < 4.78 is 28.7. The van der Waals surface area contributed by atoms with Crippen molar-refractivity contribution in [2.75, 3.05) is 12.9 Å². The number of H-pyrrole nitrogens is 1. The summed E-state index contributed by atoms with van der Waals surface area (Å²) in [6, 6.07) is 4.95. The van der Waals surface area contributed by atoms with Crippen molar-refractivity contribution in [2.45, 2.75) is 30.3 Å². The number of aromatic nitrogens is 2. The molecule has 19 heavy (non-hydrogen) atoms. The summed E-state index contributed by atoms with van der Waals surface area (Å²) >= 11 is 0. The highest BCUT2D eigenvalue weighted by Gasteiger charge is 2.20. The number of ether oxygens (including phenoxy) is 1. The van der Waals surface area contributed by atoms with Gasteiger partial charge in [-0.3, -0.25) is 0 Å². The van der Waals surface area contributed by atoms with Crippen LogP contribution in [0.3, 0.4) is 0 Å². The molecular weight excluding hydrogens is 264 g/mol. The van der Waals surface area contributed by atoms with Gasteiger partial charge in [0.05, 0.1) is 15.9 Å². The van der Waals surface area contributed by atoms with E-state index >= 15 is 0 Å². The number of sulfone groups is 1. The summed E-state index contributed by atoms with van der Waals surface area (Å²) in [7, 11) is -3.19. The smallest absolute Gasteiger partial charge is 0.175 e. The maximum absolute atomic E-state index is 11.5. The summed E-state index contributed by atoms with van der Waals surface area (Å²) in [6.07, 6.45) is 4.39. The molecule has 1 atom stereocenters. The van der Waals surface area contributed by atoms with E-state index in [1.54, 1.807) is 18.2 Å². The maximum atomic E-state index is 11.5. The zero-order valence-electron chi connectivity index (χ0n) is 10.7. The molecule has 2 aromatic rings. The Balaban J connectivity index is 2.01. The molecule has 2 heterocycles. The second-order valence-electron chi connectivity index (χ2n) is 4.93. The van der Waals surface area contributed by atoms with Gasteiger partial charge in [-0.1, -0.05) is 0 Å². The van der Waals surface area contributed by atoms with Gasteiger partial charge in [-0.05, 0) is 37.5 Å². The van der Waals surface area contributed by atoms with Crippen LogP contribution in [0.1, 0.15) is 31.2 Å². The third-order valence-corrected chi connectivity index (χ3v) is 4.49. The van der Waals surface area contributed by atoms with E-state index in [-0.39, 0.29) is 6.10 Å². The summed E-state index contributed by atoms with van der Waals surface area (Å²) in [6.45, 7) is 0.760. The van der Waals surface area contributed by atoms with Gasteiger partial charge in [0.2, 0.25) is 0 Å². The average molecular weight is 280 g/mol. The summed E-state index contributed by atoms with van der Waals surface area (Å²) in [4.78, 5) is 7.97. The molecule has 0 bridgehead atoms. The van der Waals surface area contributed by atoms with Crippen LogP contribution in [0.25, 0.3) is 11.0 Å². The number of fused-ring (bicyclic) bond motifs is 1. The molecule has 0 radical (unpaired) electrons. The molecule has 1 fully saturated rings. The van der Waals surface area contributed by atoms with Crippen LogP contribution >= 0.6 is 0 Å². The van der Waals surface area contributed by atoms with E-state index in [0.717, 1.165) is 42.7 Å². The average Bonchev–Trinajstić information content (AvgIpc) is 2.81. The van der Waals surface area contributed by atoms with Crippen LogP contribution in [0.2, 0.25) is 0 Å². The number of nitrogens with zero attached hydrogens (tertiary/aromatic N) is 1. The van der Waals surface area contributed by atoms with Crippen LogP contribution in [0, 0.1) is 0 Å². The Morgan fingerprint density at radius 3 is 2.89 bits per heavy atom. The van der Waals surface area contributed by atoms with Gasteiger partial charge in [0.25, 0.3) is 0 Å². The van der Waals surface area contributed by atoms with E-state index in [1.165, 1.54) is 6.26 Å². The molecule has 1 N–H and O–H groups in total. The van der Waals surface area contributed by atoms with Gasteiger partial charge >= 0.3 is 0 Å². The second kappa shape index (κ2) is 4.61. The van der Waals surface area contributed by atoms with Crippen molar-refractivity contribution in [3.8, 4) is 0 Å². The Bertz CT molecular complexity index is 700. The summed E-state index contributed by atoms with van der Waals surface area (Å²) in [5, 5.41) is 0. The summed E-state index contributed by atoms with van der Waals surface area (Å²) in [5.74, 6) is 0.792. The Morgan fingerprint density at radius 2 is 2.21 bits per heavy atom. The molecule has 1 aromatic heterocycles. The topological polar surface area (TPSA) is 72.1 Å². The van der Waals surface area contributed by atoms with Crippen LogP contribution in [-0.2, 0) is 14.6 Å². The van der Waals surface area contributed by atoms with Crippen LogP contribution in [0.5, 0.6) is 0 Å².